The Morgan fingerprint density at radius 1 is 0.697 bits per heavy atom. The van der Waals surface area contributed by atoms with Gasteiger partial charge < -0.3 is 63.1 Å². The summed E-state index contributed by atoms with van der Waals surface area (Å²) < 4.78 is 97.4. The number of carboxylic acids is 1. The maximum atomic E-state index is 14.3. The zero-order valence-electron chi connectivity index (χ0n) is 38.4. The molecule has 0 unspecified atom stereocenters. The fourth-order valence-corrected chi connectivity index (χ4v) is 6.94. The Morgan fingerprint density at radius 3 is 1.62 bits per heavy atom. The van der Waals surface area contributed by atoms with Crippen LogP contribution in [0.5, 0.6) is 0 Å². The standard InChI is InChI=1S/C45H69F3N4O13S/c1-3-8-52(44(55)38-32-41-40(7-30-66-41)50-42(49)33-38)34-36-4-5-37(39(31-36)45(46,47)48)35-51(2)9-11-57-13-15-59-17-19-61-21-23-63-25-27-65-29-28-64-26-24-62-22-20-60-18-16-58-14-12-56-10-6-43(53)54/h4-5,7,30-32H,3,6,8-29,33-35H2,1-2H3,(H2,49,50)(H,53,54). The second-order valence-electron chi connectivity index (χ2n) is 14.8. The van der Waals surface area contributed by atoms with Crippen molar-refractivity contribution in [3.05, 3.63) is 56.8 Å². The van der Waals surface area contributed by atoms with E-state index in [4.69, 9.17) is 58.2 Å². The molecule has 0 saturated carbocycles. The molecule has 0 aliphatic carbocycles. The summed E-state index contributed by atoms with van der Waals surface area (Å²) in [6.45, 7) is 10.7. The van der Waals surface area contributed by atoms with E-state index in [1.54, 1.807) is 29.0 Å². The molecule has 374 valence electrons. The third-order valence-corrected chi connectivity index (χ3v) is 10.2. The lowest BCUT2D eigenvalue weighted by Gasteiger charge is -2.25. The first-order valence-electron chi connectivity index (χ1n) is 22.2. The molecule has 17 nitrogen and oxygen atoms in total. The van der Waals surface area contributed by atoms with Gasteiger partial charge in [-0.2, -0.15) is 13.2 Å². The van der Waals surface area contributed by atoms with Crippen molar-refractivity contribution < 1.29 is 75.2 Å². The van der Waals surface area contributed by atoms with E-state index in [1.165, 1.54) is 17.4 Å². The van der Waals surface area contributed by atoms with Crippen LogP contribution < -0.4 is 5.73 Å². The number of amidine groups is 1. The molecule has 0 atom stereocenters. The van der Waals surface area contributed by atoms with Crippen molar-refractivity contribution in [2.45, 2.75) is 45.5 Å². The van der Waals surface area contributed by atoms with Crippen LogP contribution in [-0.4, -0.2) is 185 Å². The number of amides is 1. The molecule has 0 spiro atoms. The number of alkyl halides is 3. The Hall–Kier alpha value is -3.58. The van der Waals surface area contributed by atoms with Crippen LogP contribution in [0.3, 0.4) is 0 Å². The zero-order chi connectivity index (χ0) is 47.7. The number of aliphatic imine (C=N–C) groups is 1. The zero-order valence-corrected chi connectivity index (χ0v) is 39.2. The lowest BCUT2D eigenvalue weighted by Crippen LogP contribution is -2.33. The molecule has 1 aromatic carbocycles. The second-order valence-corrected chi connectivity index (χ2v) is 15.8. The quantitative estimate of drug-likeness (QED) is 0.0843. The normalized spacial score (nSPS) is 12.9. The maximum absolute atomic E-state index is 14.3. The fraction of sp³-hybridized carbons (Fsp3) is 0.667. The monoisotopic (exact) mass is 962 g/mol. The van der Waals surface area contributed by atoms with Crippen molar-refractivity contribution in [2.75, 3.05) is 152 Å². The van der Waals surface area contributed by atoms with Crippen LogP contribution in [0.25, 0.3) is 6.08 Å². The summed E-state index contributed by atoms with van der Waals surface area (Å²) >= 11 is 1.45. The van der Waals surface area contributed by atoms with Crippen molar-refractivity contribution in [3.8, 4) is 0 Å². The van der Waals surface area contributed by atoms with Crippen LogP contribution in [0.1, 0.15) is 47.8 Å². The molecule has 21 heteroatoms. The van der Waals surface area contributed by atoms with Gasteiger partial charge in [-0.15, -0.1) is 11.3 Å². The molecule has 0 saturated heterocycles. The largest absolute Gasteiger partial charge is 0.481 e. The number of ether oxygens (including phenoxy) is 10. The van der Waals surface area contributed by atoms with E-state index in [-0.39, 0.29) is 44.0 Å². The lowest BCUT2D eigenvalue weighted by molar-refractivity contribution is -0.139. The first-order chi connectivity index (χ1) is 32.0. The Morgan fingerprint density at radius 2 is 1.17 bits per heavy atom. The molecular formula is C45H69F3N4O13S. The Labute approximate surface area is 390 Å². The van der Waals surface area contributed by atoms with Gasteiger partial charge in [0, 0.05) is 38.2 Å². The molecule has 1 amide bonds. The Balaban J connectivity index is 1.13. The number of nitrogens with two attached hydrogens (primary N) is 1. The molecular weight excluding hydrogens is 894 g/mol. The molecule has 0 bridgehead atoms. The van der Waals surface area contributed by atoms with Crippen molar-refractivity contribution in [1.29, 1.82) is 0 Å². The molecule has 3 N–H and O–H groups in total. The predicted octanol–water partition coefficient (Wildman–Crippen LogP) is 5.05. The van der Waals surface area contributed by atoms with Gasteiger partial charge in [-0.3, -0.25) is 14.5 Å². The van der Waals surface area contributed by atoms with Gasteiger partial charge in [0.2, 0.25) is 0 Å². The third-order valence-electron chi connectivity index (χ3n) is 9.39. The first kappa shape index (κ1) is 56.7. The number of hydrogen-bond donors (Lipinski definition) is 2. The average Bonchev–Trinajstić information content (AvgIpc) is 3.64. The summed E-state index contributed by atoms with van der Waals surface area (Å²) in [5, 5.41) is 10.4. The Bertz CT molecular complexity index is 1700. The van der Waals surface area contributed by atoms with Crippen molar-refractivity contribution >= 4 is 40.8 Å². The second kappa shape index (κ2) is 34.7. The molecule has 0 radical (unpaired) electrons. The third kappa shape index (κ3) is 25.5. The van der Waals surface area contributed by atoms with E-state index < -0.39 is 17.7 Å². The number of fused-ring (bicyclic) bond motifs is 1. The molecule has 3 rings (SSSR count). The molecule has 2 heterocycles. The van der Waals surface area contributed by atoms with E-state index in [0.717, 1.165) is 10.9 Å². The minimum absolute atomic E-state index is 0.0199. The van der Waals surface area contributed by atoms with E-state index in [2.05, 4.69) is 4.99 Å². The average molecular weight is 963 g/mol. The van der Waals surface area contributed by atoms with Gasteiger partial charge in [0.25, 0.3) is 5.91 Å². The minimum atomic E-state index is -4.57. The summed E-state index contributed by atoms with van der Waals surface area (Å²) in [5.74, 6) is -0.851. The number of likely N-dealkylation sites (N-methyl/N-ethyl adjacent to an activating group) is 1. The molecule has 0 fully saturated rings. The number of carboxylic acid groups (broad SMARTS) is 1. The van der Waals surface area contributed by atoms with E-state index in [1.807, 2.05) is 18.4 Å². The lowest BCUT2D eigenvalue weighted by atomic mass is 10.0. The number of aliphatic carboxylic acids is 1. The van der Waals surface area contributed by atoms with E-state index >= 15 is 0 Å². The molecule has 1 aliphatic heterocycles. The van der Waals surface area contributed by atoms with Crippen molar-refractivity contribution in [2.24, 2.45) is 10.7 Å². The SMILES string of the molecule is CCCN(Cc1ccc(CN(C)CCOCCOCCOCCOCCOCCOCCOCCOCCOCCOCCC(=O)O)c(C(F)(F)F)c1)C(=O)C1=Cc2sccc2N=C(N)C1. The van der Waals surface area contributed by atoms with Crippen LogP contribution in [0.2, 0.25) is 0 Å². The number of thiophene rings is 1. The van der Waals surface area contributed by atoms with Crippen molar-refractivity contribution in [1.82, 2.24) is 9.80 Å². The van der Waals surface area contributed by atoms with Crippen molar-refractivity contribution in [3.63, 3.8) is 0 Å². The number of rotatable bonds is 40. The summed E-state index contributed by atoms with van der Waals surface area (Å²) in [6, 6.07) is 6.12. The smallest absolute Gasteiger partial charge is 0.416 e. The van der Waals surface area contributed by atoms with Crippen LogP contribution in [0.15, 0.2) is 40.2 Å². The van der Waals surface area contributed by atoms with E-state index in [0.29, 0.717) is 168 Å². The van der Waals surface area contributed by atoms with Gasteiger partial charge >= 0.3 is 12.1 Å². The van der Waals surface area contributed by atoms with Gasteiger partial charge in [0.15, 0.2) is 0 Å². The minimum Gasteiger partial charge on any atom is -0.481 e. The Kier molecular flexibility index (Phi) is 29.8. The highest BCUT2D eigenvalue weighted by molar-refractivity contribution is 7.11. The highest BCUT2D eigenvalue weighted by atomic mass is 32.1. The van der Waals surface area contributed by atoms with Crippen LogP contribution in [-0.2, 0) is 76.2 Å². The molecule has 1 aliphatic rings. The van der Waals surface area contributed by atoms with Gasteiger partial charge in [-0.1, -0.05) is 19.1 Å². The van der Waals surface area contributed by atoms with Crippen LogP contribution >= 0.6 is 11.3 Å². The summed E-state index contributed by atoms with van der Waals surface area (Å²) in [4.78, 5) is 32.6. The number of carbonyl (C=O) groups excluding carboxylic acids is 1. The van der Waals surface area contributed by atoms with Gasteiger partial charge in [0.1, 0.15) is 5.84 Å². The highest BCUT2D eigenvalue weighted by Crippen LogP contribution is 2.34. The maximum Gasteiger partial charge on any atom is 0.416 e. The first-order valence-corrected chi connectivity index (χ1v) is 23.1. The molecule has 2 aromatic rings. The van der Waals surface area contributed by atoms with Crippen LogP contribution in [0, 0.1) is 0 Å². The van der Waals surface area contributed by atoms with Gasteiger partial charge in [0.05, 0.1) is 155 Å². The highest BCUT2D eigenvalue weighted by Gasteiger charge is 2.34. The summed E-state index contributed by atoms with van der Waals surface area (Å²) in [5.41, 5.74) is 7.05. The predicted molar refractivity (Wildman–Crippen MR) is 242 cm³/mol. The number of nitrogens with zero attached hydrogens (tertiary/aromatic N) is 3. The number of carbonyl (C=O) groups is 2. The number of halogens is 3. The fourth-order valence-electron chi connectivity index (χ4n) is 6.15. The number of benzene rings is 1. The van der Waals surface area contributed by atoms with Crippen LogP contribution in [0.4, 0.5) is 18.9 Å². The van der Waals surface area contributed by atoms with E-state index in [9.17, 15) is 22.8 Å². The molecule has 1 aromatic heterocycles. The van der Waals surface area contributed by atoms with Gasteiger partial charge in [-0.25, -0.2) is 4.99 Å². The van der Waals surface area contributed by atoms with Gasteiger partial charge in [-0.05, 0) is 48.2 Å². The molecule has 66 heavy (non-hydrogen) atoms. The summed E-state index contributed by atoms with van der Waals surface area (Å²) in [7, 11) is 1.74. The summed E-state index contributed by atoms with van der Waals surface area (Å²) in [6.07, 6.45) is -2.02. The number of hydrogen-bond acceptors (Lipinski definition) is 16. The topological polar surface area (TPSA) is 192 Å².